The number of nitrogens with two attached hydrogens (primary N) is 1. The Hall–Kier alpha value is -4.33. The molecule has 0 spiro atoms. The Bertz CT molecular complexity index is 1120. The summed E-state index contributed by atoms with van der Waals surface area (Å²) in [6, 6.07) is 21.6. The van der Waals surface area contributed by atoms with E-state index in [1.54, 1.807) is 42.5 Å². The van der Waals surface area contributed by atoms with Crippen LogP contribution in [-0.2, 0) is 11.4 Å². The molecule has 0 aliphatic rings. The van der Waals surface area contributed by atoms with Crippen LogP contribution in [0.5, 0.6) is 17.2 Å². The van der Waals surface area contributed by atoms with Crippen molar-refractivity contribution >= 4 is 18.0 Å². The van der Waals surface area contributed by atoms with E-state index < -0.39 is 11.8 Å². The number of hydrogen-bond acceptors (Lipinski definition) is 6. The van der Waals surface area contributed by atoms with Crippen molar-refractivity contribution in [3.05, 3.63) is 89.5 Å². The van der Waals surface area contributed by atoms with Crippen LogP contribution in [0.4, 0.5) is 0 Å². The van der Waals surface area contributed by atoms with Gasteiger partial charge in [0.05, 0.1) is 12.8 Å². The van der Waals surface area contributed by atoms with E-state index in [1.165, 1.54) is 6.21 Å². The molecule has 0 radical (unpaired) electrons. The molecular formula is C25H25N3O5. The Morgan fingerprint density at radius 2 is 1.76 bits per heavy atom. The highest BCUT2D eigenvalue weighted by Gasteiger charge is 2.11. The van der Waals surface area contributed by atoms with Gasteiger partial charge in [0.25, 0.3) is 11.8 Å². The van der Waals surface area contributed by atoms with Crippen LogP contribution < -0.4 is 25.4 Å². The largest absolute Gasteiger partial charge is 0.490 e. The van der Waals surface area contributed by atoms with Crippen molar-refractivity contribution in [1.82, 2.24) is 5.43 Å². The fraction of sp³-hybridized carbons (Fsp3) is 0.160. The molecular weight excluding hydrogens is 422 g/mol. The molecule has 8 nitrogen and oxygen atoms in total. The fourth-order valence-corrected chi connectivity index (χ4v) is 2.84. The molecule has 3 aromatic carbocycles. The summed E-state index contributed by atoms with van der Waals surface area (Å²) < 4.78 is 16.8. The lowest BCUT2D eigenvalue weighted by atomic mass is 10.2. The number of primary amides is 1. The van der Waals surface area contributed by atoms with Gasteiger partial charge in [-0.1, -0.05) is 42.5 Å². The van der Waals surface area contributed by atoms with Crippen LogP contribution in [0, 0.1) is 0 Å². The molecule has 0 aliphatic carbocycles. The quantitative estimate of drug-likeness (QED) is 0.346. The second-order valence-corrected chi connectivity index (χ2v) is 6.90. The van der Waals surface area contributed by atoms with Gasteiger partial charge in [-0.15, -0.1) is 0 Å². The lowest BCUT2D eigenvalue weighted by molar-refractivity contribution is -0.119. The second kappa shape index (κ2) is 11.9. The highest BCUT2D eigenvalue weighted by molar-refractivity contribution is 5.95. The van der Waals surface area contributed by atoms with E-state index in [0.717, 1.165) is 5.56 Å². The first-order valence-electron chi connectivity index (χ1n) is 10.3. The predicted molar refractivity (Wildman–Crippen MR) is 125 cm³/mol. The minimum atomic E-state index is -0.566. The molecule has 0 atom stereocenters. The van der Waals surface area contributed by atoms with Crippen molar-refractivity contribution < 1.29 is 23.8 Å². The van der Waals surface area contributed by atoms with Crippen LogP contribution in [0.25, 0.3) is 0 Å². The highest BCUT2D eigenvalue weighted by Crippen LogP contribution is 2.29. The number of carbonyl (C=O) groups is 2. The van der Waals surface area contributed by atoms with Crippen LogP contribution >= 0.6 is 0 Å². The molecule has 3 rings (SSSR count). The molecule has 8 heteroatoms. The zero-order chi connectivity index (χ0) is 23.5. The molecule has 0 unspecified atom stereocenters. The topological polar surface area (TPSA) is 112 Å². The molecule has 33 heavy (non-hydrogen) atoms. The maximum absolute atomic E-state index is 12.5. The van der Waals surface area contributed by atoms with Crippen molar-refractivity contribution in [1.29, 1.82) is 0 Å². The molecule has 0 aliphatic heterocycles. The molecule has 3 N–H and O–H groups in total. The minimum Gasteiger partial charge on any atom is -0.490 e. The highest BCUT2D eigenvalue weighted by atomic mass is 16.5. The number of ether oxygens (including phenoxy) is 3. The van der Waals surface area contributed by atoms with Crippen LogP contribution in [-0.4, -0.2) is 31.2 Å². The first-order chi connectivity index (χ1) is 16.0. The number of nitrogens with zero attached hydrogens (tertiary/aromatic N) is 1. The van der Waals surface area contributed by atoms with Crippen molar-refractivity contribution in [3.8, 4) is 17.2 Å². The van der Waals surface area contributed by atoms with E-state index in [-0.39, 0.29) is 6.61 Å². The number of amides is 2. The van der Waals surface area contributed by atoms with Gasteiger partial charge in [0, 0.05) is 5.56 Å². The van der Waals surface area contributed by atoms with E-state index in [4.69, 9.17) is 19.9 Å². The average molecular weight is 447 g/mol. The van der Waals surface area contributed by atoms with Gasteiger partial charge >= 0.3 is 0 Å². The standard InChI is InChI=1S/C25H25N3O5/c1-2-31-23-14-20(11-12-22(23)33-16-18-7-4-3-5-8-18)25(30)28-27-15-19-9-6-10-21(13-19)32-17-24(26)29/h3-15H,2,16-17H2,1H3,(H2,26,29)(H,28,30). The van der Waals surface area contributed by atoms with Crippen LogP contribution in [0.15, 0.2) is 77.9 Å². The Morgan fingerprint density at radius 1 is 0.939 bits per heavy atom. The molecule has 170 valence electrons. The molecule has 2 amide bonds. The zero-order valence-electron chi connectivity index (χ0n) is 18.2. The summed E-state index contributed by atoms with van der Waals surface area (Å²) in [5.74, 6) is 0.529. The normalized spacial score (nSPS) is 10.6. The molecule has 0 fully saturated rings. The molecule has 0 aromatic heterocycles. The fourth-order valence-electron chi connectivity index (χ4n) is 2.84. The third-order valence-corrected chi connectivity index (χ3v) is 4.36. The molecule has 0 bridgehead atoms. The second-order valence-electron chi connectivity index (χ2n) is 6.90. The van der Waals surface area contributed by atoms with Crippen LogP contribution in [0.2, 0.25) is 0 Å². The van der Waals surface area contributed by atoms with Gasteiger partial charge in [0.1, 0.15) is 12.4 Å². The smallest absolute Gasteiger partial charge is 0.271 e. The molecule has 0 heterocycles. The Balaban J connectivity index is 1.62. The minimum absolute atomic E-state index is 0.218. The van der Waals surface area contributed by atoms with Gasteiger partial charge in [0.2, 0.25) is 0 Å². The summed E-state index contributed by atoms with van der Waals surface area (Å²) in [5.41, 5.74) is 9.64. The van der Waals surface area contributed by atoms with Crippen molar-refractivity contribution in [3.63, 3.8) is 0 Å². The number of nitrogens with one attached hydrogen (secondary N) is 1. The number of rotatable bonds is 11. The van der Waals surface area contributed by atoms with E-state index in [1.807, 2.05) is 37.3 Å². The van der Waals surface area contributed by atoms with E-state index in [9.17, 15) is 9.59 Å². The number of hydrazone groups is 1. The lowest BCUT2D eigenvalue weighted by Gasteiger charge is -2.13. The number of hydrogen-bond donors (Lipinski definition) is 2. The van der Waals surface area contributed by atoms with E-state index in [2.05, 4.69) is 10.5 Å². The summed E-state index contributed by atoms with van der Waals surface area (Å²) in [7, 11) is 0. The summed E-state index contributed by atoms with van der Waals surface area (Å²) in [6.45, 7) is 2.46. The lowest BCUT2D eigenvalue weighted by Crippen LogP contribution is -2.20. The zero-order valence-corrected chi connectivity index (χ0v) is 18.2. The summed E-state index contributed by atoms with van der Waals surface area (Å²) in [4.78, 5) is 23.4. The van der Waals surface area contributed by atoms with E-state index >= 15 is 0 Å². The summed E-state index contributed by atoms with van der Waals surface area (Å²) in [6.07, 6.45) is 1.47. The van der Waals surface area contributed by atoms with Crippen molar-refractivity contribution in [2.24, 2.45) is 10.8 Å². The van der Waals surface area contributed by atoms with Crippen LogP contribution in [0.1, 0.15) is 28.4 Å². The van der Waals surface area contributed by atoms with Gasteiger partial charge in [-0.3, -0.25) is 9.59 Å². The SMILES string of the molecule is CCOc1cc(C(=O)NN=Cc2cccc(OCC(N)=O)c2)ccc1OCc1ccccc1. The average Bonchev–Trinajstić information content (AvgIpc) is 2.83. The van der Waals surface area contributed by atoms with Gasteiger partial charge < -0.3 is 19.9 Å². The predicted octanol–water partition coefficient (Wildman–Crippen LogP) is 3.29. The van der Waals surface area contributed by atoms with E-state index in [0.29, 0.717) is 41.6 Å². The third kappa shape index (κ3) is 7.39. The number of carbonyl (C=O) groups excluding carboxylic acids is 2. The van der Waals surface area contributed by atoms with Crippen molar-refractivity contribution in [2.75, 3.05) is 13.2 Å². The molecule has 0 saturated heterocycles. The van der Waals surface area contributed by atoms with Gasteiger partial charge in [0.15, 0.2) is 18.1 Å². The summed E-state index contributed by atoms with van der Waals surface area (Å²) >= 11 is 0. The van der Waals surface area contributed by atoms with Crippen molar-refractivity contribution in [2.45, 2.75) is 13.5 Å². The maximum Gasteiger partial charge on any atom is 0.271 e. The van der Waals surface area contributed by atoms with Gasteiger partial charge in [-0.05, 0) is 48.4 Å². The van der Waals surface area contributed by atoms with Gasteiger partial charge in [-0.2, -0.15) is 5.10 Å². The van der Waals surface area contributed by atoms with Crippen LogP contribution in [0.3, 0.4) is 0 Å². The first-order valence-corrected chi connectivity index (χ1v) is 10.3. The summed E-state index contributed by atoms with van der Waals surface area (Å²) in [5, 5.41) is 3.98. The first kappa shape index (κ1) is 23.3. The molecule has 3 aromatic rings. The molecule has 0 saturated carbocycles. The maximum atomic E-state index is 12.5. The third-order valence-electron chi connectivity index (χ3n) is 4.36. The number of benzene rings is 3. The Labute approximate surface area is 192 Å². The Kier molecular flexibility index (Phi) is 8.41. The van der Waals surface area contributed by atoms with Gasteiger partial charge in [-0.25, -0.2) is 5.43 Å². The Morgan fingerprint density at radius 3 is 2.52 bits per heavy atom. The monoisotopic (exact) mass is 447 g/mol.